The number of hydrogen-bond donors (Lipinski definition) is 5. The Kier molecular flexibility index (Phi) is 11.1. The van der Waals surface area contributed by atoms with Crippen LogP contribution in [0.25, 0.3) is 11.1 Å². The minimum Gasteiger partial charge on any atom is -0.507 e. The van der Waals surface area contributed by atoms with Crippen molar-refractivity contribution in [2.45, 2.75) is 80.9 Å². The summed E-state index contributed by atoms with van der Waals surface area (Å²) in [7, 11) is 2.89. The largest absolute Gasteiger partial charge is 0.507 e. The van der Waals surface area contributed by atoms with Gasteiger partial charge in [-0.1, -0.05) is 60.7 Å². The van der Waals surface area contributed by atoms with Crippen LogP contribution in [0.5, 0.6) is 17.2 Å². The average Bonchev–Trinajstić information content (AvgIpc) is 3.85. The fourth-order valence-electron chi connectivity index (χ4n) is 10.7. The molecule has 3 heterocycles. The molecule has 0 unspecified atom stereocenters. The first kappa shape index (κ1) is 43.0. The third-order valence-corrected chi connectivity index (χ3v) is 13.6. The van der Waals surface area contributed by atoms with E-state index < -0.39 is 95.7 Å². The number of fused-ring (bicyclic) bond motifs is 9. The molecule has 0 spiro atoms. The normalized spacial score (nSPS) is 27.6. The van der Waals surface area contributed by atoms with E-state index >= 15 is 0 Å². The van der Waals surface area contributed by atoms with Crippen LogP contribution in [0.3, 0.4) is 0 Å². The number of nitrogens with one attached hydrogen (secondary N) is 2. The molecule has 340 valence electrons. The van der Waals surface area contributed by atoms with Gasteiger partial charge >= 0.3 is 6.09 Å². The molecule has 0 aromatic heterocycles. The van der Waals surface area contributed by atoms with E-state index in [4.69, 9.17) is 33.2 Å². The highest BCUT2D eigenvalue weighted by molar-refractivity contribution is 6.31. The maximum Gasteiger partial charge on any atom is 0.407 e. The maximum absolute atomic E-state index is 14.2. The number of phenols is 2. The summed E-state index contributed by atoms with van der Waals surface area (Å²) in [6.45, 7) is 2.71. The Bertz CT molecular complexity index is 2560. The topological polar surface area (TPSA) is 221 Å². The number of carbonyl (C=O) groups is 4. The number of phenolic OH excluding ortho intramolecular Hbond substituents is 2. The van der Waals surface area contributed by atoms with E-state index in [9.17, 15) is 34.5 Å². The van der Waals surface area contributed by atoms with Crippen LogP contribution < -0.4 is 15.4 Å². The quantitative estimate of drug-likeness (QED) is 0.0995. The third-order valence-electron chi connectivity index (χ3n) is 13.6. The Morgan fingerprint density at radius 1 is 0.862 bits per heavy atom. The molecule has 3 saturated heterocycles. The standard InChI is InChI=1S/C48H49N3O14/c1-23-43-31(51-17-18-61-45(60-3)44(51)65-43)19-34(63-23)64-33-21-48(58,20-29-36(33)42(55)38-37(40(29)53)39(52)28-13-8-14-32(59-2)35(28)41(38)54)46(56)49-15-16-50-47(57)62-22-30-26-11-6-4-9-24(26)25-10-5-7-12-27(25)30/h4-14,23,30-31,33-34,43-45,53,55,58H,15-22H2,1-3H3,(H,49,56)(H,50,57)/t23-,31-,33-,34-,43+,44+,45-,48-/m0/s1. The molecule has 10 rings (SSSR count). The minimum absolute atomic E-state index is 0.0490. The van der Waals surface area contributed by atoms with E-state index in [1.165, 1.54) is 32.4 Å². The number of aliphatic hydroxyl groups is 1. The molecular weight excluding hydrogens is 843 g/mol. The highest BCUT2D eigenvalue weighted by Crippen LogP contribution is 2.53. The van der Waals surface area contributed by atoms with E-state index in [2.05, 4.69) is 15.5 Å². The number of alkyl carbamates (subject to hydrolysis) is 1. The monoisotopic (exact) mass is 891 g/mol. The van der Waals surface area contributed by atoms with Gasteiger partial charge in [0.1, 0.15) is 35.6 Å². The first-order valence-corrected chi connectivity index (χ1v) is 21.8. The number of morpholine rings is 1. The van der Waals surface area contributed by atoms with Crippen LogP contribution in [0.15, 0.2) is 66.7 Å². The third kappa shape index (κ3) is 7.13. The Labute approximate surface area is 373 Å². The fourth-order valence-corrected chi connectivity index (χ4v) is 10.7. The Morgan fingerprint density at radius 2 is 1.55 bits per heavy atom. The zero-order valence-electron chi connectivity index (χ0n) is 35.9. The first-order chi connectivity index (χ1) is 31.4. The molecule has 17 nitrogen and oxygen atoms in total. The predicted molar refractivity (Wildman–Crippen MR) is 228 cm³/mol. The molecule has 3 aliphatic heterocycles. The number of aromatic hydroxyl groups is 2. The lowest BCUT2D eigenvalue weighted by Crippen LogP contribution is -2.55. The summed E-state index contributed by atoms with van der Waals surface area (Å²) in [5.74, 6) is -3.75. The van der Waals surface area contributed by atoms with Gasteiger partial charge in [-0.05, 0) is 35.2 Å². The molecule has 0 bridgehead atoms. The first-order valence-electron chi connectivity index (χ1n) is 21.8. The van der Waals surface area contributed by atoms with Crippen LogP contribution in [-0.4, -0.2) is 134 Å². The van der Waals surface area contributed by atoms with Gasteiger partial charge in [0.15, 0.2) is 24.6 Å². The molecular formula is C48H49N3O14. The van der Waals surface area contributed by atoms with Gasteiger partial charge < -0.3 is 59.1 Å². The molecule has 8 atom stereocenters. The van der Waals surface area contributed by atoms with Crippen molar-refractivity contribution in [3.05, 3.63) is 111 Å². The van der Waals surface area contributed by atoms with Gasteiger partial charge in [-0.3, -0.25) is 19.3 Å². The summed E-state index contributed by atoms with van der Waals surface area (Å²) in [4.78, 5) is 57.4. The second-order valence-electron chi connectivity index (χ2n) is 17.2. The van der Waals surface area contributed by atoms with E-state index in [-0.39, 0.29) is 72.2 Å². The number of benzene rings is 4. The fraction of sp³-hybridized carbons (Fsp3) is 0.417. The second-order valence-corrected chi connectivity index (χ2v) is 17.2. The summed E-state index contributed by atoms with van der Waals surface area (Å²) >= 11 is 0. The van der Waals surface area contributed by atoms with Crippen LogP contribution in [0.1, 0.15) is 85.9 Å². The molecule has 5 N–H and O–H groups in total. The summed E-state index contributed by atoms with van der Waals surface area (Å²) < 4.78 is 41.7. The number of ketones is 2. The van der Waals surface area contributed by atoms with Gasteiger partial charge in [0.25, 0.3) is 5.91 Å². The smallest absolute Gasteiger partial charge is 0.407 e. The molecule has 3 fully saturated rings. The number of rotatable bonds is 10. The van der Waals surface area contributed by atoms with E-state index in [1.54, 1.807) is 0 Å². The highest BCUT2D eigenvalue weighted by Gasteiger charge is 2.55. The summed E-state index contributed by atoms with van der Waals surface area (Å²) in [6, 6.07) is 20.2. The molecule has 0 saturated carbocycles. The van der Waals surface area contributed by atoms with Crippen LogP contribution in [-0.2, 0) is 39.6 Å². The molecule has 6 aliphatic rings. The second kappa shape index (κ2) is 16.8. The van der Waals surface area contributed by atoms with Crippen molar-refractivity contribution in [2.75, 3.05) is 47.1 Å². The number of amides is 2. The van der Waals surface area contributed by atoms with Crippen LogP contribution in [0.4, 0.5) is 4.79 Å². The molecule has 4 aromatic carbocycles. The lowest BCUT2D eigenvalue weighted by atomic mass is 9.72. The van der Waals surface area contributed by atoms with Crippen molar-refractivity contribution in [3.8, 4) is 28.4 Å². The lowest BCUT2D eigenvalue weighted by Gasteiger charge is -2.43. The molecule has 0 radical (unpaired) electrons. The Hall–Kier alpha value is -5.92. The molecule has 17 heteroatoms. The highest BCUT2D eigenvalue weighted by atomic mass is 16.7. The van der Waals surface area contributed by atoms with E-state index in [0.717, 1.165) is 22.3 Å². The summed E-state index contributed by atoms with van der Waals surface area (Å²) in [5, 5.41) is 41.7. The summed E-state index contributed by atoms with van der Waals surface area (Å²) in [5.41, 5.74) is 0.750. The van der Waals surface area contributed by atoms with Gasteiger partial charge in [0.05, 0.1) is 42.6 Å². The van der Waals surface area contributed by atoms with Crippen molar-refractivity contribution in [1.29, 1.82) is 0 Å². The Balaban J connectivity index is 0.885. The van der Waals surface area contributed by atoms with E-state index in [0.29, 0.717) is 13.2 Å². The SMILES string of the molecule is COc1cccc2c1C(=O)c1c(O)c3c(c(O)c1C2=O)C[C@@](O)(C(=O)NCCNC(=O)OCC1c2ccccc2-c2ccccc21)C[C@@H]3O[C@H]1C[C@H]2[C@H](O[C@@H]3[C@@H](OC)OCCN32)[C@H](C)O1. The number of methoxy groups -OCH3 is 2. The summed E-state index contributed by atoms with van der Waals surface area (Å²) in [6.07, 6.45) is -5.79. The van der Waals surface area contributed by atoms with E-state index in [1.807, 2.05) is 55.5 Å². The van der Waals surface area contributed by atoms with Gasteiger partial charge in [-0.15, -0.1) is 0 Å². The van der Waals surface area contributed by atoms with Crippen molar-refractivity contribution in [2.24, 2.45) is 0 Å². The maximum atomic E-state index is 14.2. The van der Waals surface area contributed by atoms with Crippen molar-refractivity contribution < 1.29 is 67.7 Å². The molecule has 65 heavy (non-hydrogen) atoms. The number of ether oxygens (including phenoxy) is 7. The lowest BCUT2D eigenvalue weighted by molar-refractivity contribution is -0.256. The number of nitrogens with zero attached hydrogens (tertiary/aromatic N) is 1. The van der Waals surface area contributed by atoms with Gasteiger partial charge in [-0.2, -0.15) is 0 Å². The molecule has 3 aliphatic carbocycles. The number of carbonyl (C=O) groups excluding carboxylic acids is 4. The van der Waals surface area contributed by atoms with Crippen LogP contribution in [0, 0.1) is 0 Å². The van der Waals surface area contributed by atoms with Crippen molar-refractivity contribution >= 4 is 23.6 Å². The van der Waals surface area contributed by atoms with Crippen LogP contribution >= 0.6 is 0 Å². The molecule has 4 aromatic rings. The average molecular weight is 892 g/mol. The predicted octanol–water partition coefficient (Wildman–Crippen LogP) is 3.80. The molecule has 2 amide bonds. The van der Waals surface area contributed by atoms with Gasteiger partial charge in [-0.25, -0.2) is 4.79 Å². The number of hydrogen-bond acceptors (Lipinski definition) is 15. The van der Waals surface area contributed by atoms with Gasteiger partial charge in [0, 0.05) is 74.7 Å². The van der Waals surface area contributed by atoms with Crippen LogP contribution in [0.2, 0.25) is 0 Å². The zero-order chi connectivity index (χ0) is 45.3. The van der Waals surface area contributed by atoms with Crippen molar-refractivity contribution in [3.63, 3.8) is 0 Å². The van der Waals surface area contributed by atoms with Gasteiger partial charge in [0.2, 0.25) is 5.78 Å². The minimum atomic E-state index is -2.29. The zero-order valence-corrected chi connectivity index (χ0v) is 35.9. The Morgan fingerprint density at radius 3 is 2.28 bits per heavy atom. The van der Waals surface area contributed by atoms with Crippen molar-refractivity contribution in [1.82, 2.24) is 15.5 Å².